The summed E-state index contributed by atoms with van der Waals surface area (Å²) < 4.78 is 0. The average Bonchev–Trinajstić information content (AvgIpc) is 3.27. The second-order valence-corrected chi connectivity index (χ2v) is 7.23. The van der Waals surface area contributed by atoms with E-state index in [1.807, 2.05) is 24.4 Å². The molecule has 0 atom stereocenters. The molecular weight excluding hydrogens is 322 g/mol. The predicted octanol–water partition coefficient (Wildman–Crippen LogP) is 2.55. The molecule has 2 aromatic rings. The second kappa shape index (κ2) is 7.81. The van der Waals surface area contributed by atoms with E-state index < -0.39 is 0 Å². The third kappa shape index (κ3) is 3.96. The van der Waals surface area contributed by atoms with Gasteiger partial charge in [-0.15, -0.1) is 11.3 Å². The summed E-state index contributed by atoms with van der Waals surface area (Å²) >= 11 is 1.44. The van der Waals surface area contributed by atoms with Crippen LogP contribution >= 0.6 is 11.3 Å². The summed E-state index contributed by atoms with van der Waals surface area (Å²) in [5.41, 5.74) is 1.23. The minimum absolute atomic E-state index is 0.0372. The van der Waals surface area contributed by atoms with Gasteiger partial charge in [-0.25, -0.2) is 4.98 Å². The zero-order valence-corrected chi connectivity index (χ0v) is 15.0. The zero-order chi connectivity index (χ0) is 16.9. The Morgan fingerprint density at radius 2 is 2.04 bits per heavy atom. The number of likely N-dealkylation sites (N-methyl/N-ethyl adjacent to an activating group) is 1. The van der Waals surface area contributed by atoms with Crippen LogP contribution in [0.15, 0.2) is 24.0 Å². The molecule has 1 aliphatic carbocycles. The van der Waals surface area contributed by atoms with Crippen LogP contribution in [0.5, 0.6) is 0 Å². The van der Waals surface area contributed by atoms with Crippen LogP contribution in [0.1, 0.15) is 36.2 Å². The topological polar surface area (TPSA) is 62.2 Å². The van der Waals surface area contributed by atoms with E-state index in [-0.39, 0.29) is 5.91 Å². The summed E-state index contributed by atoms with van der Waals surface area (Å²) in [6.07, 6.45) is 9.55. The van der Waals surface area contributed by atoms with Gasteiger partial charge < -0.3 is 9.80 Å². The van der Waals surface area contributed by atoms with Crippen LogP contribution in [0.25, 0.3) is 10.7 Å². The van der Waals surface area contributed by atoms with Crippen molar-refractivity contribution >= 4 is 17.2 Å². The van der Waals surface area contributed by atoms with Gasteiger partial charge >= 0.3 is 0 Å². The van der Waals surface area contributed by atoms with Crippen molar-refractivity contribution in [2.24, 2.45) is 0 Å². The molecule has 1 saturated carbocycles. The predicted molar refractivity (Wildman–Crippen MR) is 95.0 cm³/mol. The largest absolute Gasteiger partial charge is 0.333 e. The van der Waals surface area contributed by atoms with E-state index in [9.17, 15) is 4.79 Å². The quantitative estimate of drug-likeness (QED) is 0.805. The fourth-order valence-corrected chi connectivity index (χ4v) is 3.77. The van der Waals surface area contributed by atoms with Gasteiger partial charge in [-0.2, -0.15) is 0 Å². The van der Waals surface area contributed by atoms with E-state index in [0.717, 1.165) is 30.9 Å². The van der Waals surface area contributed by atoms with Crippen molar-refractivity contribution < 1.29 is 4.79 Å². The van der Waals surface area contributed by atoms with Crippen molar-refractivity contribution in [3.63, 3.8) is 0 Å². The lowest BCUT2D eigenvalue weighted by Crippen LogP contribution is -2.42. The highest BCUT2D eigenvalue weighted by atomic mass is 32.1. The van der Waals surface area contributed by atoms with Gasteiger partial charge in [0.05, 0.1) is 6.20 Å². The highest BCUT2D eigenvalue weighted by Crippen LogP contribution is 2.26. The molecule has 2 aromatic heterocycles. The van der Waals surface area contributed by atoms with Gasteiger partial charge in [0.25, 0.3) is 5.91 Å². The number of thiazole rings is 1. The van der Waals surface area contributed by atoms with Gasteiger partial charge in [-0.3, -0.25) is 14.8 Å². The van der Waals surface area contributed by atoms with E-state index in [1.165, 1.54) is 24.2 Å². The van der Waals surface area contributed by atoms with E-state index >= 15 is 0 Å². The summed E-state index contributed by atoms with van der Waals surface area (Å²) in [7, 11) is 4.07. The van der Waals surface area contributed by atoms with Gasteiger partial charge in [-0.1, -0.05) is 12.8 Å². The maximum Gasteiger partial charge on any atom is 0.273 e. The Labute approximate surface area is 146 Å². The van der Waals surface area contributed by atoms with E-state index in [2.05, 4.69) is 19.9 Å². The first-order chi connectivity index (χ1) is 11.6. The maximum absolute atomic E-state index is 13.0. The Bertz CT molecular complexity index is 667. The third-order valence-electron chi connectivity index (χ3n) is 4.32. The van der Waals surface area contributed by atoms with Crippen molar-refractivity contribution in [3.05, 3.63) is 29.7 Å². The summed E-state index contributed by atoms with van der Waals surface area (Å²) in [6.45, 7) is 1.61. The Balaban J connectivity index is 1.78. The fraction of sp³-hybridized carbons (Fsp3) is 0.529. The molecule has 1 aliphatic rings. The van der Waals surface area contributed by atoms with Crippen molar-refractivity contribution in [2.45, 2.75) is 31.7 Å². The number of hydrogen-bond acceptors (Lipinski definition) is 6. The van der Waals surface area contributed by atoms with Crippen molar-refractivity contribution in [1.82, 2.24) is 24.8 Å². The molecule has 0 unspecified atom stereocenters. The van der Waals surface area contributed by atoms with Crippen LogP contribution in [0.4, 0.5) is 0 Å². The summed E-state index contributed by atoms with van der Waals surface area (Å²) in [4.78, 5) is 30.0. The molecule has 1 fully saturated rings. The summed E-state index contributed by atoms with van der Waals surface area (Å²) in [6, 6.07) is 0.346. The Kier molecular flexibility index (Phi) is 5.52. The molecule has 3 rings (SSSR count). The molecular formula is C17H23N5OS. The van der Waals surface area contributed by atoms with Gasteiger partial charge in [0.1, 0.15) is 16.4 Å². The lowest BCUT2D eigenvalue weighted by atomic mass is 10.2. The second-order valence-electron chi connectivity index (χ2n) is 6.37. The number of amides is 1. The van der Waals surface area contributed by atoms with Crippen molar-refractivity contribution in [1.29, 1.82) is 0 Å². The standard InChI is InChI=1S/C17H23N5OS/c1-21(2)9-10-22(13-5-3-4-6-13)17(23)15-12-24-16(20-15)14-11-18-7-8-19-14/h7-8,11-13H,3-6,9-10H2,1-2H3. The van der Waals surface area contributed by atoms with Crippen molar-refractivity contribution in [2.75, 3.05) is 27.2 Å². The molecule has 2 heterocycles. The first kappa shape index (κ1) is 17.0. The highest BCUT2D eigenvalue weighted by molar-refractivity contribution is 7.13. The van der Waals surface area contributed by atoms with Crippen LogP contribution in [-0.2, 0) is 0 Å². The van der Waals surface area contributed by atoms with Crippen LogP contribution in [-0.4, -0.2) is 63.9 Å². The molecule has 0 aromatic carbocycles. The van der Waals surface area contributed by atoms with E-state index in [4.69, 9.17) is 0 Å². The van der Waals surface area contributed by atoms with Crippen LogP contribution < -0.4 is 0 Å². The first-order valence-corrected chi connectivity index (χ1v) is 9.20. The maximum atomic E-state index is 13.0. The zero-order valence-electron chi connectivity index (χ0n) is 14.2. The molecule has 0 saturated heterocycles. The lowest BCUT2D eigenvalue weighted by Gasteiger charge is -2.29. The molecule has 1 amide bonds. The van der Waals surface area contributed by atoms with Crippen LogP contribution in [0.2, 0.25) is 0 Å². The molecule has 6 nitrogen and oxygen atoms in total. The minimum Gasteiger partial charge on any atom is -0.333 e. The summed E-state index contributed by atoms with van der Waals surface area (Å²) in [5, 5.41) is 2.58. The lowest BCUT2D eigenvalue weighted by molar-refractivity contribution is 0.0662. The van der Waals surface area contributed by atoms with Crippen molar-refractivity contribution in [3.8, 4) is 10.7 Å². The molecule has 0 aliphatic heterocycles. The fourth-order valence-electron chi connectivity index (χ4n) is 3.02. The third-order valence-corrected chi connectivity index (χ3v) is 5.18. The Hall–Kier alpha value is -1.86. The molecule has 7 heteroatoms. The van der Waals surface area contributed by atoms with Crippen LogP contribution in [0.3, 0.4) is 0 Å². The normalized spacial score (nSPS) is 15.1. The number of hydrogen-bond donors (Lipinski definition) is 0. The monoisotopic (exact) mass is 345 g/mol. The van der Waals surface area contributed by atoms with Gasteiger partial charge in [0, 0.05) is 36.9 Å². The Morgan fingerprint density at radius 3 is 2.71 bits per heavy atom. The average molecular weight is 345 g/mol. The highest BCUT2D eigenvalue weighted by Gasteiger charge is 2.28. The van der Waals surface area contributed by atoms with E-state index in [1.54, 1.807) is 18.6 Å². The number of nitrogens with zero attached hydrogens (tertiary/aromatic N) is 5. The number of carbonyl (C=O) groups is 1. The number of rotatable bonds is 6. The molecule has 24 heavy (non-hydrogen) atoms. The van der Waals surface area contributed by atoms with Gasteiger partial charge in [0.2, 0.25) is 0 Å². The smallest absolute Gasteiger partial charge is 0.273 e. The van der Waals surface area contributed by atoms with E-state index in [0.29, 0.717) is 17.4 Å². The molecule has 0 N–H and O–H groups in total. The van der Waals surface area contributed by atoms with Gasteiger partial charge in [0.15, 0.2) is 0 Å². The molecule has 0 bridgehead atoms. The first-order valence-electron chi connectivity index (χ1n) is 8.33. The van der Waals surface area contributed by atoms with Gasteiger partial charge in [-0.05, 0) is 26.9 Å². The Morgan fingerprint density at radius 1 is 1.25 bits per heavy atom. The van der Waals surface area contributed by atoms with Crippen LogP contribution in [0, 0.1) is 0 Å². The molecule has 0 radical (unpaired) electrons. The number of carbonyl (C=O) groups excluding carboxylic acids is 1. The number of aromatic nitrogens is 3. The minimum atomic E-state index is 0.0372. The molecule has 0 spiro atoms. The summed E-state index contributed by atoms with van der Waals surface area (Å²) in [5.74, 6) is 0.0372. The SMILES string of the molecule is CN(C)CCN(C(=O)c1csc(-c2cnccn2)n1)C1CCCC1. The molecule has 128 valence electrons.